The average molecular weight is 623 g/mol. The van der Waals surface area contributed by atoms with Gasteiger partial charge in [-0.1, -0.05) is 31.2 Å². The Morgan fingerprint density at radius 1 is 1.02 bits per heavy atom. The number of nitrogens with one attached hydrogen (secondary N) is 2. The van der Waals surface area contributed by atoms with Crippen LogP contribution in [0.4, 0.5) is 16.4 Å². The highest BCUT2D eigenvalue weighted by molar-refractivity contribution is 6.04. The molecular formula is C36H42N6O4. The van der Waals surface area contributed by atoms with Crippen LogP contribution in [0.1, 0.15) is 65.4 Å². The van der Waals surface area contributed by atoms with E-state index in [0.29, 0.717) is 48.3 Å². The molecule has 10 heteroatoms. The minimum Gasteiger partial charge on any atom is -0.444 e. The Labute approximate surface area is 269 Å². The van der Waals surface area contributed by atoms with Gasteiger partial charge in [-0.3, -0.25) is 4.79 Å². The van der Waals surface area contributed by atoms with Gasteiger partial charge in [-0.15, -0.1) is 0 Å². The first kappa shape index (κ1) is 31.3. The third kappa shape index (κ3) is 7.38. The molecule has 240 valence electrons. The summed E-state index contributed by atoms with van der Waals surface area (Å²) in [7, 11) is 0. The molecule has 1 aliphatic carbocycles. The first-order chi connectivity index (χ1) is 22.0. The number of aromatic nitrogens is 3. The zero-order valence-electron chi connectivity index (χ0n) is 27.2. The Bertz CT molecular complexity index is 1760. The standard InChI is InChI=1S/C36H42N6O4/c1-23-13-14-25-26(10-6-12-28(25)40-30(43)21-36(5)16-17-36)31(23)45-32-27(11-7-18-37-32)29-15-19-38-33(41-29)39-24-9-8-20-42(22-24)34(44)46-35(2,3)4/h6-7,10-15,18-19,24H,8-9,16-17,20-22H2,1-5H3,(H,40,43)(H,38,39,41)/t24-/m0/s1. The van der Waals surface area contributed by atoms with Crippen LogP contribution in [0.3, 0.4) is 0 Å². The number of rotatable bonds is 8. The molecule has 6 rings (SSSR count). The van der Waals surface area contributed by atoms with Gasteiger partial charge in [0.2, 0.25) is 17.7 Å². The Hall–Kier alpha value is -4.73. The molecule has 4 aromatic rings. The van der Waals surface area contributed by atoms with Crippen molar-refractivity contribution in [3.63, 3.8) is 0 Å². The third-order valence-electron chi connectivity index (χ3n) is 8.48. The van der Waals surface area contributed by atoms with Crippen molar-refractivity contribution in [1.82, 2.24) is 19.9 Å². The Kier molecular flexibility index (Phi) is 8.55. The fourth-order valence-electron chi connectivity index (χ4n) is 5.77. The molecular weight excluding hydrogens is 580 g/mol. The highest BCUT2D eigenvalue weighted by Gasteiger charge is 2.39. The molecule has 46 heavy (non-hydrogen) atoms. The minimum atomic E-state index is -0.546. The van der Waals surface area contributed by atoms with Gasteiger partial charge in [0.1, 0.15) is 11.4 Å². The van der Waals surface area contributed by atoms with Gasteiger partial charge in [0.15, 0.2) is 0 Å². The largest absolute Gasteiger partial charge is 0.444 e. The highest BCUT2D eigenvalue weighted by Crippen LogP contribution is 2.48. The SMILES string of the molecule is Cc1ccc2c(NC(=O)CC3(C)CC3)cccc2c1Oc1ncccc1-c1ccnc(N[C@H]2CCCN(C(=O)OC(C)(C)C)C2)n1. The maximum atomic E-state index is 12.8. The second kappa shape index (κ2) is 12.6. The Balaban J connectivity index is 1.22. The summed E-state index contributed by atoms with van der Waals surface area (Å²) < 4.78 is 12.1. The molecule has 1 aliphatic heterocycles. The fourth-order valence-corrected chi connectivity index (χ4v) is 5.77. The fraction of sp³-hybridized carbons (Fsp3) is 0.417. The van der Waals surface area contributed by atoms with Crippen molar-refractivity contribution in [3.8, 4) is 22.9 Å². The first-order valence-corrected chi connectivity index (χ1v) is 16.0. The van der Waals surface area contributed by atoms with Crippen LogP contribution in [-0.4, -0.2) is 56.6 Å². The molecule has 2 aliphatic rings. The van der Waals surface area contributed by atoms with Crippen LogP contribution in [-0.2, 0) is 9.53 Å². The number of carbonyl (C=O) groups is 2. The van der Waals surface area contributed by atoms with Crippen molar-refractivity contribution in [2.75, 3.05) is 23.7 Å². The van der Waals surface area contributed by atoms with E-state index < -0.39 is 5.60 Å². The second-order valence-corrected chi connectivity index (χ2v) is 13.8. The lowest BCUT2D eigenvalue weighted by Gasteiger charge is -2.34. The molecule has 1 saturated heterocycles. The van der Waals surface area contributed by atoms with Gasteiger partial charge in [0.05, 0.1) is 11.3 Å². The van der Waals surface area contributed by atoms with E-state index in [9.17, 15) is 9.59 Å². The number of hydrogen-bond acceptors (Lipinski definition) is 8. The predicted octanol–water partition coefficient (Wildman–Crippen LogP) is 7.73. The number of pyridine rings is 1. The lowest BCUT2D eigenvalue weighted by atomic mass is 10.0. The Morgan fingerprint density at radius 2 is 1.85 bits per heavy atom. The average Bonchev–Trinajstić information content (AvgIpc) is 3.74. The number of hydrogen-bond donors (Lipinski definition) is 2. The molecule has 1 saturated carbocycles. The number of ether oxygens (including phenoxy) is 2. The summed E-state index contributed by atoms with van der Waals surface area (Å²) in [5.41, 5.74) is 2.65. The number of nitrogens with zero attached hydrogens (tertiary/aromatic N) is 4. The molecule has 0 spiro atoms. The van der Waals surface area contributed by atoms with Crippen LogP contribution >= 0.6 is 0 Å². The van der Waals surface area contributed by atoms with Crippen molar-refractivity contribution in [2.24, 2.45) is 5.41 Å². The number of piperidine rings is 1. The maximum absolute atomic E-state index is 12.8. The summed E-state index contributed by atoms with van der Waals surface area (Å²) in [6.45, 7) is 10.9. The van der Waals surface area contributed by atoms with Crippen LogP contribution in [0.5, 0.6) is 11.6 Å². The number of amides is 2. The van der Waals surface area contributed by atoms with E-state index in [2.05, 4.69) is 27.5 Å². The summed E-state index contributed by atoms with van der Waals surface area (Å²) in [5.74, 6) is 1.57. The number of likely N-dealkylation sites (tertiary alicyclic amines) is 1. The molecule has 10 nitrogen and oxygen atoms in total. The monoisotopic (exact) mass is 622 g/mol. The molecule has 0 unspecified atom stereocenters. The van der Waals surface area contributed by atoms with E-state index in [-0.39, 0.29) is 23.5 Å². The van der Waals surface area contributed by atoms with Gasteiger partial charge < -0.3 is 25.0 Å². The number of anilines is 2. The topological polar surface area (TPSA) is 119 Å². The van der Waals surface area contributed by atoms with Crippen molar-refractivity contribution in [3.05, 3.63) is 66.5 Å². The molecule has 0 radical (unpaired) electrons. The van der Waals surface area contributed by atoms with E-state index in [1.807, 2.05) is 76.2 Å². The molecule has 2 N–H and O–H groups in total. The zero-order chi connectivity index (χ0) is 32.5. The Morgan fingerprint density at radius 3 is 2.63 bits per heavy atom. The summed E-state index contributed by atoms with van der Waals surface area (Å²) in [6.07, 6.45) is 7.54. The van der Waals surface area contributed by atoms with Crippen LogP contribution in [0.15, 0.2) is 60.9 Å². The van der Waals surface area contributed by atoms with E-state index >= 15 is 0 Å². The maximum Gasteiger partial charge on any atom is 0.410 e. The van der Waals surface area contributed by atoms with Gasteiger partial charge in [0, 0.05) is 54.4 Å². The van der Waals surface area contributed by atoms with E-state index in [0.717, 1.165) is 47.7 Å². The molecule has 2 fully saturated rings. The van der Waals surface area contributed by atoms with Crippen LogP contribution in [0.25, 0.3) is 22.0 Å². The normalized spacial score (nSPS) is 17.3. The van der Waals surface area contributed by atoms with Crippen molar-refractivity contribution < 1.29 is 19.1 Å². The van der Waals surface area contributed by atoms with E-state index in [1.54, 1.807) is 17.3 Å². The van der Waals surface area contributed by atoms with Gasteiger partial charge in [0.25, 0.3) is 0 Å². The van der Waals surface area contributed by atoms with Gasteiger partial charge in [-0.25, -0.2) is 19.7 Å². The number of aryl methyl sites for hydroxylation is 1. The van der Waals surface area contributed by atoms with Crippen molar-refractivity contribution >= 4 is 34.4 Å². The van der Waals surface area contributed by atoms with Gasteiger partial charge in [-0.05, 0) is 88.6 Å². The summed E-state index contributed by atoms with van der Waals surface area (Å²) in [5, 5.41) is 8.32. The molecule has 2 amide bonds. The van der Waals surface area contributed by atoms with Gasteiger partial charge in [-0.2, -0.15) is 0 Å². The molecule has 2 aromatic heterocycles. The van der Waals surface area contributed by atoms with Crippen molar-refractivity contribution in [2.45, 2.75) is 78.4 Å². The lowest BCUT2D eigenvalue weighted by molar-refractivity contribution is -0.117. The van der Waals surface area contributed by atoms with Crippen LogP contribution in [0.2, 0.25) is 0 Å². The quantitative estimate of drug-likeness (QED) is 0.205. The van der Waals surface area contributed by atoms with Crippen LogP contribution in [0, 0.1) is 12.3 Å². The smallest absolute Gasteiger partial charge is 0.410 e. The van der Waals surface area contributed by atoms with Crippen LogP contribution < -0.4 is 15.4 Å². The molecule has 2 aromatic carbocycles. The molecule has 3 heterocycles. The summed E-state index contributed by atoms with van der Waals surface area (Å²) >= 11 is 0. The number of fused-ring (bicyclic) bond motifs is 1. The number of carbonyl (C=O) groups excluding carboxylic acids is 2. The summed E-state index contributed by atoms with van der Waals surface area (Å²) in [6, 6.07) is 15.4. The van der Waals surface area contributed by atoms with Gasteiger partial charge >= 0.3 is 6.09 Å². The lowest BCUT2D eigenvalue weighted by Crippen LogP contribution is -2.47. The predicted molar refractivity (Wildman–Crippen MR) is 179 cm³/mol. The minimum absolute atomic E-state index is 0.0127. The third-order valence-corrected chi connectivity index (χ3v) is 8.48. The zero-order valence-corrected chi connectivity index (χ0v) is 27.2. The van der Waals surface area contributed by atoms with E-state index in [4.69, 9.17) is 14.5 Å². The molecule has 1 atom stereocenters. The van der Waals surface area contributed by atoms with E-state index in [1.165, 1.54) is 0 Å². The summed E-state index contributed by atoms with van der Waals surface area (Å²) in [4.78, 5) is 41.1. The van der Waals surface area contributed by atoms with Crippen molar-refractivity contribution in [1.29, 1.82) is 0 Å². The number of benzene rings is 2. The molecule has 0 bridgehead atoms. The second-order valence-electron chi connectivity index (χ2n) is 13.8. The first-order valence-electron chi connectivity index (χ1n) is 16.0. The highest BCUT2D eigenvalue weighted by atomic mass is 16.6.